The van der Waals surface area contributed by atoms with Gasteiger partial charge in [0.25, 0.3) is 0 Å². The van der Waals surface area contributed by atoms with Crippen molar-refractivity contribution in [1.82, 2.24) is 4.90 Å². The van der Waals surface area contributed by atoms with Gasteiger partial charge in [-0.15, -0.1) is 24.0 Å². The third-order valence-corrected chi connectivity index (χ3v) is 4.37. The first-order chi connectivity index (χ1) is 11.7. The minimum absolute atomic E-state index is 0. The molecule has 1 heterocycles. The van der Waals surface area contributed by atoms with Crippen LogP contribution in [0.4, 0.5) is 0 Å². The Bertz CT molecular complexity index is 517. The number of hydrogen-bond acceptors (Lipinski definition) is 3. The van der Waals surface area contributed by atoms with E-state index < -0.39 is 0 Å². The molecule has 25 heavy (non-hydrogen) atoms. The van der Waals surface area contributed by atoms with Gasteiger partial charge in [0.1, 0.15) is 0 Å². The molecule has 0 bridgehead atoms. The van der Waals surface area contributed by atoms with E-state index in [0.29, 0.717) is 32.3 Å². The Balaban J connectivity index is 0.00000312. The molecule has 1 aromatic carbocycles. The summed E-state index contributed by atoms with van der Waals surface area (Å²) in [7, 11) is 0. The van der Waals surface area contributed by atoms with E-state index in [1.165, 1.54) is 12.8 Å². The van der Waals surface area contributed by atoms with E-state index in [4.69, 9.17) is 15.2 Å². The quantitative estimate of drug-likeness (QED) is 0.279. The predicted octanol–water partition coefficient (Wildman–Crippen LogP) is 3.40. The largest absolute Gasteiger partial charge is 0.379 e. The fraction of sp³-hybridized carbons (Fsp3) is 0.632. The highest BCUT2D eigenvalue weighted by molar-refractivity contribution is 14.0. The van der Waals surface area contributed by atoms with Gasteiger partial charge in [-0.2, -0.15) is 0 Å². The summed E-state index contributed by atoms with van der Waals surface area (Å²) >= 11 is 0. The van der Waals surface area contributed by atoms with Crippen LogP contribution in [0, 0.1) is 5.92 Å². The maximum atomic E-state index is 6.14. The van der Waals surface area contributed by atoms with Crippen molar-refractivity contribution < 1.29 is 9.47 Å². The van der Waals surface area contributed by atoms with Crippen LogP contribution in [0.25, 0.3) is 0 Å². The SMILES string of the molecule is CCOCCOCc1cccc(CN=C(N)N2CCC(C)CC2)c1.I. The van der Waals surface area contributed by atoms with Gasteiger partial charge in [0, 0.05) is 19.7 Å². The van der Waals surface area contributed by atoms with E-state index in [0.717, 1.165) is 36.7 Å². The van der Waals surface area contributed by atoms with Crippen molar-refractivity contribution in [3.05, 3.63) is 35.4 Å². The summed E-state index contributed by atoms with van der Waals surface area (Å²) in [4.78, 5) is 6.76. The van der Waals surface area contributed by atoms with Crippen molar-refractivity contribution in [3.63, 3.8) is 0 Å². The molecule has 142 valence electrons. The van der Waals surface area contributed by atoms with Crippen molar-refractivity contribution >= 4 is 29.9 Å². The highest BCUT2D eigenvalue weighted by Gasteiger charge is 2.16. The molecule has 0 radical (unpaired) electrons. The molecule has 0 amide bonds. The summed E-state index contributed by atoms with van der Waals surface area (Å²) < 4.78 is 10.9. The maximum Gasteiger partial charge on any atom is 0.191 e. The molecule has 0 aliphatic carbocycles. The van der Waals surface area contributed by atoms with Crippen LogP contribution in [-0.2, 0) is 22.6 Å². The molecule has 0 atom stereocenters. The van der Waals surface area contributed by atoms with Crippen LogP contribution in [0.5, 0.6) is 0 Å². The van der Waals surface area contributed by atoms with Gasteiger partial charge in [-0.3, -0.25) is 0 Å². The van der Waals surface area contributed by atoms with Crippen molar-refractivity contribution in [2.24, 2.45) is 16.6 Å². The Morgan fingerprint density at radius 2 is 1.88 bits per heavy atom. The standard InChI is InChI=1S/C19H31N3O2.HI/c1-3-23-11-12-24-15-18-6-4-5-17(13-18)14-21-19(20)22-9-7-16(2)8-10-22;/h4-6,13,16H,3,7-12,14-15H2,1-2H3,(H2,20,21);1H. The zero-order chi connectivity index (χ0) is 17.2. The Labute approximate surface area is 169 Å². The number of likely N-dealkylation sites (tertiary alicyclic amines) is 1. The maximum absolute atomic E-state index is 6.14. The molecule has 1 aromatic rings. The lowest BCUT2D eigenvalue weighted by molar-refractivity contribution is 0.0453. The molecule has 1 saturated heterocycles. The van der Waals surface area contributed by atoms with Gasteiger partial charge >= 0.3 is 0 Å². The number of ether oxygens (including phenoxy) is 2. The lowest BCUT2D eigenvalue weighted by Gasteiger charge is -2.31. The second kappa shape index (κ2) is 12.5. The van der Waals surface area contributed by atoms with Crippen LogP contribution >= 0.6 is 24.0 Å². The number of aliphatic imine (C=N–C) groups is 1. The van der Waals surface area contributed by atoms with Crippen molar-refractivity contribution in [2.45, 2.75) is 39.8 Å². The van der Waals surface area contributed by atoms with Crippen molar-refractivity contribution in [3.8, 4) is 0 Å². The molecule has 1 fully saturated rings. The molecule has 2 N–H and O–H groups in total. The molecule has 6 heteroatoms. The molecule has 0 spiro atoms. The van der Waals surface area contributed by atoms with Crippen LogP contribution in [0.2, 0.25) is 0 Å². The molecule has 1 aliphatic heterocycles. The first-order valence-corrected chi connectivity index (χ1v) is 8.97. The molecule has 0 aromatic heterocycles. The van der Waals surface area contributed by atoms with E-state index in [1.54, 1.807) is 0 Å². The number of rotatable bonds is 8. The predicted molar refractivity (Wildman–Crippen MR) is 113 cm³/mol. The molecular formula is C19H32IN3O2. The third kappa shape index (κ3) is 8.37. The van der Waals surface area contributed by atoms with Gasteiger partial charge in [0.05, 0.1) is 26.4 Å². The summed E-state index contributed by atoms with van der Waals surface area (Å²) in [5.41, 5.74) is 8.46. The molecule has 5 nitrogen and oxygen atoms in total. The van der Waals surface area contributed by atoms with Crippen LogP contribution < -0.4 is 5.73 Å². The fourth-order valence-corrected chi connectivity index (χ4v) is 2.78. The van der Waals surface area contributed by atoms with Gasteiger partial charge in [-0.1, -0.05) is 31.2 Å². The Hall–Kier alpha value is -0.860. The lowest BCUT2D eigenvalue weighted by Crippen LogP contribution is -2.42. The smallest absolute Gasteiger partial charge is 0.191 e. The minimum atomic E-state index is 0. The van der Waals surface area contributed by atoms with Crippen molar-refractivity contribution in [2.75, 3.05) is 32.9 Å². The van der Waals surface area contributed by atoms with Crippen molar-refractivity contribution in [1.29, 1.82) is 0 Å². The lowest BCUT2D eigenvalue weighted by atomic mass is 10.00. The third-order valence-electron chi connectivity index (χ3n) is 4.37. The monoisotopic (exact) mass is 461 g/mol. The first-order valence-electron chi connectivity index (χ1n) is 8.97. The fourth-order valence-electron chi connectivity index (χ4n) is 2.78. The summed E-state index contributed by atoms with van der Waals surface area (Å²) in [5, 5.41) is 0. The number of nitrogens with two attached hydrogens (primary N) is 1. The minimum Gasteiger partial charge on any atom is -0.379 e. The van der Waals surface area contributed by atoms with Gasteiger partial charge in [0.15, 0.2) is 5.96 Å². The normalized spacial score (nSPS) is 15.9. The second-order valence-electron chi connectivity index (χ2n) is 6.41. The molecule has 2 rings (SSSR count). The summed E-state index contributed by atoms with van der Waals surface area (Å²) in [5.74, 6) is 1.47. The Morgan fingerprint density at radius 1 is 1.20 bits per heavy atom. The highest BCUT2D eigenvalue weighted by atomic mass is 127. The second-order valence-corrected chi connectivity index (χ2v) is 6.41. The van der Waals surface area contributed by atoms with Gasteiger partial charge in [0.2, 0.25) is 0 Å². The topological polar surface area (TPSA) is 60.1 Å². The van der Waals surface area contributed by atoms with Gasteiger partial charge in [-0.05, 0) is 36.8 Å². The van der Waals surface area contributed by atoms with Crippen LogP contribution in [0.3, 0.4) is 0 Å². The zero-order valence-electron chi connectivity index (χ0n) is 15.4. The van der Waals surface area contributed by atoms with Gasteiger partial charge < -0.3 is 20.1 Å². The number of benzene rings is 1. The number of guanidine groups is 1. The summed E-state index contributed by atoms with van der Waals surface area (Å²) in [6.07, 6.45) is 2.40. The number of piperidine rings is 1. The first kappa shape index (κ1) is 22.2. The van der Waals surface area contributed by atoms with E-state index in [-0.39, 0.29) is 24.0 Å². The number of hydrogen-bond donors (Lipinski definition) is 1. The Morgan fingerprint density at radius 3 is 2.60 bits per heavy atom. The van der Waals surface area contributed by atoms with Gasteiger partial charge in [-0.25, -0.2) is 4.99 Å². The molecule has 0 saturated carbocycles. The number of halogens is 1. The van der Waals surface area contributed by atoms with E-state index in [2.05, 4.69) is 35.0 Å². The van der Waals surface area contributed by atoms with Crippen LogP contribution in [-0.4, -0.2) is 43.8 Å². The van der Waals surface area contributed by atoms with E-state index >= 15 is 0 Å². The molecular weight excluding hydrogens is 429 g/mol. The molecule has 0 unspecified atom stereocenters. The van der Waals surface area contributed by atoms with Crippen LogP contribution in [0.15, 0.2) is 29.3 Å². The highest BCUT2D eigenvalue weighted by Crippen LogP contribution is 2.16. The number of nitrogens with zero attached hydrogens (tertiary/aromatic N) is 2. The van der Waals surface area contributed by atoms with E-state index in [1.807, 2.05) is 13.0 Å². The average molecular weight is 461 g/mol. The summed E-state index contributed by atoms with van der Waals surface area (Å²) in [6, 6.07) is 8.34. The summed E-state index contributed by atoms with van der Waals surface area (Å²) in [6.45, 7) is 9.53. The van der Waals surface area contributed by atoms with Crippen LogP contribution in [0.1, 0.15) is 37.8 Å². The average Bonchev–Trinajstić information content (AvgIpc) is 2.60. The van der Waals surface area contributed by atoms with E-state index in [9.17, 15) is 0 Å². The Kier molecular flexibility index (Phi) is 11.1. The molecule has 1 aliphatic rings. The zero-order valence-corrected chi connectivity index (χ0v) is 17.8.